The van der Waals surface area contributed by atoms with E-state index in [-0.39, 0.29) is 72.8 Å². The van der Waals surface area contributed by atoms with Crippen LogP contribution in [0.2, 0.25) is 0 Å². The van der Waals surface area contributed by atoms with E-state index in [9.17, 15) is 35.9 Å². The number of alkyl halides is 6. The molecular formula is C22H26F6O4. The largest absolute Gasteiger partial charge is 0.522 e. The van der Waals surface area contributed by atoms with Gasteiger partial charge in [0.05, 0.1) is 12.2 Å². The first kappa shape index (κ1) is 22.6. The fraction of sp³-hybridized carbons (Fsp3) is 0.909. The number of hydrogen-bond donors (Lipinski definition) is 0. The van der Waals surface area contributed by atoms with Crippen molar-refractivity contribution < 1.29 is 45.4 Å². The fourth-order valence-electron chi connectivity index (χ4n) is 8.11. The van der Waals surface area contributed by atoms with E-state index in [4.69, 9.17) is 0 Å². The maximum Gasteiger partial charge on any atom is 0.522 e. The predicted octanol–water partition coefficient (Wildman–Crippen LogP) is 5.05. The van der Waals surface area contributed by atoms with E-state index >= 15 is 0 Å². The van der Waals surface area contributed by atoms with Crippen LogP contribution in [0.15, 0.2) is 0 Å². The van der Waals surface area contributed by atoms with Gasteiger partial charge in [0.25, 0.3) is 0 Å². The summed E-state index contributed by atoms with van der Waals surface area (Å²) in [5, 5.41) is 0. The molecule has 0 heterocycles. The molecule has 0 aliphatic heterocycles. The van der Waals surface area contributed by atoms with E-state index in [1.54, 1.807) is 0 Å². The molecule has 10 atom stereocenters. The lowest BCUT2D eigenvalue weighted by Gasteiger charge is -2.41. The summed E-state index contributed by atoms with van der Waals surface area (Å²) in [6, 6.07) is 0. The minimum absolute atomic E-state index is 0.0144. The van der Waals surface area contributed by atoms with Crippen LogP contribution in [0, 0.1) is 47.3 Å². The molecule has 180 valence electrons. The second kappa shape index (κ2) is 7.68. The number of halogens is 6. The number of ether oxygens (including phenoxy) is 2. The van der Waals surface area contributed by atoms with Crippen molar-refractivity contribution in [3.05, 3.63) is 0 Å². The Morgan fingerprint density at radius 3 is 1.66 bits per heavy atom. The molecule has 4 nitrogen and oxygen atoms in total. The van der Waals surface area contributed by atoms with Crippen LogP contribution in [0.4, 0.5) is 26.3 Å². The summed E-state index contributed by atoms with van der Waals surface area (Å²) in [4.78, 5) is 26.5. The van der Waals surface area contributed by atoms with Crippen molar-refractivity contribution in [1.82, 2.24) is 0 Å². The molecule has 5 aliphatic rings. The van der Waals surface area contributed by atoms with Gasteiger partial charge in [-0.1, -0.05) is 0 Å². The lowest BCUT2D eigenvalue weighted by molar-refractivity contribution is -0.347. The number of fused-ring (bicyclic) bond motifs is 7. The van der Waals surface area contributed by atoms with E-state index < -0.39 is 36.8 Å². The van der Waals surface area contributed by atoms with Crippen LogP contribution in [0.5, 0.6) is 0 Å². The third kappa shape index (κ3) is 3.89. The summed E-state index contributed by atoms with van der Waals surface area (Å²) in [6.07, 6.45) is -8.83. The monoisotopic (exact) mass is 468 g/mol. The van der Waals surface area contributed by atoms with Crippen molar-refractivity contribution in [2.24, 2.45) is 47.3 Å². The van der Waals surface area contributed by atoms with Gasteiger partial charge in [0.2, 0.25) is 0 Å². The van der Waals surface area contributed by atoms with Gasteiger partial charge in [0.1, 0.15) is 11.6 Å². The van der Waals surface area contributed by atoms with Crippen LogP contribution in [0.1, 0.15) is 51.4 Å². The smallest absolute Gasteiger partial charge is 0.299 e. The van der Waals surface area contributed by atoms with Gasteiger partial charge >= 0.3 is 12.7 Å². The number of rotatable bonds is 2. The lowest BCUT2D eigenvalue weighted by Crippen LogP contribution is -2.39. The Hall–Kier alpha value is -1.16. The molecule has 10 heteroatoms. The van der Waals surface area contributed by atoms with Crippen LogP contribution in [-0.4, -0.2) is 36.5 Å². The second-order valence-electron chi connectivity index (χ2n) is 10.3. The van der Waals surface area contributed by atoms with Crippen LogP contribution in [0.3, 0.4) is 0 Å². The topological polar surface area (TPSA) is 52.6 Å². The molecular weight excluding hydrogens is 442 g/mol. The van der Waals surface area contributed by atoms with Crippen molar-refractivity contribution in [1.29, 1.82) is 0 Å². The molecule has 5 aliphatic carbocycles. The first-order chi connectivity index (χ1) is 14.9. The molecule has 5 saturated carbocycles. The number of hydrogen-bond acceptors (Lipinski definition) is 4. The van der Waals surface area contributed by atoms with Crippen molar-refractivity contribution in [2.75, 3.05) is 0 Å². The molecule has 0 amide bonds. The highest BCUT2D eigenvalue weighted by molar-refractivity contribution is 5.92. The Morgan fingerprint density at radius 2 is 1.09 bits per heavy atom. The van der Waals surface area contributed by atoms with E-state index in [2.05, 4.69) is 9.47 Å². The maximum absolute atomic E-state index is 13.4. The van der Waals surface area contributed by atoms with Crippen LogP contribution in [0.25, 0.3) is 0 Å². The molecule has 10 unspecified atom stereocenters. The molecule has 0 spiro atoms. The lowest BCUT2D eigenvalue weighted by atomic mass is 9.63. The molecule has 0 saturated heterocycles. The summed E-state index contributed by atoms with van der Waals surface area (Å²) >= 11 is 0. The zero-order valence-corrected chi connectivity index (χ0v) is 17.3. The van der Waals surface area contributed by atoms with Gasteiger partial charge in [-0.05, 0) is 75.0 Å². The van der Waals surface area contributed by atoms with Gasteiger partial charge in [0, 0.05) is 23.7 Å². The van der Waals surface area contributed by atoms with Crippen molar-refractivity contribution in [3.63, 3.8) is 0 Å². The Bertz CT molecular complexity index is 779. The molecule has 0 aromatic rings. The summed E-state index contributed by atoms with van der Waals surface area (Å²) in [6.45, 7) is 0. The first-order valence-corrected chi connectivity index (χ1v) is 11.5. The Labute approximate surface area is 181 Å². The van der Waals surface area contributed by atoms with Gasteiger partial charge < -0.3 is 0 Å². The average Bonchev–Trinajstić information content (AvgIpc) is 3.12. The highest BCUT2D eigenvalue weighted by Gasteiger charge is 2.64. The Balaban J connectivity index is 1.34. The van der Waals surface area contributed by atoms with Crippen molar-refractivity contribution in [2.45, 2.75) is 76.3 Å². The predicted molar refractivity (Wildman–Crippen MR) is 96.7 cm³/mol. The normalized spacial score (nSPS) is 46.4. The maximum atomic E-state index is 13.4. The first-order valence-electron chi connectivity index (χ1n) is 11.5. The Kier molecular flexibility index (Phi) is 5.43. The highest BCUT2D eigenvalue weighted by Crippen LogP contribution is 2.62. The Morgan fingerprint density at radius 1 is 0.594 bits per heavy atom. The van der Waals surface area contributed by atoms with Crippen molar-refractivity contribution in [3.8, 4) is 0 Å². The van der Waals surface area contributed by atoms with E-state index in [0.29, 0.717) is 25.7 Å². The number of carbonyl (C=O) groups is 2. The van der Waals surface area contributed by atoms with Gasteiger partial charge in [-0.3, -0.25) is 19.1 Å². The van der Waals surface area contributed by atoms with Crippen LogP contribution >= 0.6 is 0 Å². The minimum atomic E-state index is -4.75. The summed E-state index contributed by atoms with van der Waals surface area (Å²) in [7, 11) is 0. The zero-order chi connectivity index (χ0) is 23.0. The van der Waals surface area contributed by atoms with Gasteiger partial charge in [-0.15, -0.1) is 26.3 Å². The number of ketones is 2. The quantitative estimate of drug-likeness (QED) is 0.532. The summed E-state index contributed by atoms with van der Waals surface area (Å²) in [5.41, 5.74) is 0. The third-order valence-corrected chi connectivity index (χ3v) is 8.93. The SMILES string of the molecule is O=C1C2CC(OC(F)(F)F)CCC2C2C1CCC1C3CCC(OC(F)(F)F)CC3C(=O)C12. The fourth-order valence-corrected chi connectivity index (χ4v) is 8.11. The van der Waals surface area contributed by atoms with E-state index in [0.717, 1.165) is 0 Å². The van der Waals surface area contributed by atoms with E-state index in [1.807, 2.05) is 0 Å². The highest BCUT2D eigenvalue weighted by atomic mass is 19.4. The van der Waals surface area contributed by atoms with Gasteiger partial charge in [0.15, 0.2) is 0 Å². The number of carbonyl (C=O) groups excluding carboxylic acids is 2. The molecule has 0 aromatic heterocycles. The molecule has 0 N–H and O–H groups in total. The van der Waals surface area contributed by atoms with Gasteiger partial charge in [-0.25, -0.2) is 0 Å². The standard InChI is InChI=1S/C22H26F6O4/c23-21(24,25)31-9-1-3-11-12-5-6-14-17(18(12)20(30)15(11)7-9)13-4-2-10(32-22(26,27)28)8-16(13)19(14)29/h9-18H,1-8H2. The molecule has 0 radical (unpaired) electrons. The van der Waals surface area contributed by atoms with Crippen LogP contribution in [-0.2, 0) is 19.1 Å². The molecule has 0 bridgehead atoms. The minimum Gasteiger partial charge on any atom is -0.299 e. The zero-order valence-electron chi connectivity index (χ0n) is 17.3. The van der Waals surface area contributed by atoms with E-state index in [1.165, 1.54) is 0 Å². The molecule has 32 heavy (non-hydrogen) atoms. The number of Topliss-reactive ketones (excluding diaryl/α,β-unsaturated/α-hetero) is 2. The average molecular weight is 468 g/mol. The van der Waals surface area contributed by atoms with Crippen molar-refractivity contribution >= 4 is 11.6 Å². The summed E-state index contributed by atoms with van der Waals surface area (Å²) in [5.74, 6) is -2.07. The van der Waals surface area contributed by atoms with Crippen LogP contribution < -0.4 is 0 Å². The molecule has 0 aromatic carbocycles. The van der Waals surface area contributed by atoms with Gasteiger partial charge in [-0.2, -0.15) is 0 Å². The third-order valence-electron chi connectivity index (χ3n) is 8.93. The second-order valence-corrected chi connectivity index (χ2v) is 10.3. The molecule has 5 rings (SSSR count). The molecule has 5 fully saturated rings. The summed E-state index contributed by atoms with van der Waals surface area (Å²) < 4.78 is 84.5.